The van der Waals surface area contributed by atoms with Crippen molar-refractivity contribution < 1.29 is 8.42 Å². The van der Waals surface area contributed by atoms with E-state index < -0.39 is 10.0 Å². The van der Waals surface area contributed by atoms with Crippen LogP contribution in [0, 0.1) is 0 Å². The highest BCUT2D eigenvalue weighted by molar-refractivity contribution is 8.01. The van der Waals surface area contributed by atoms with Crippen LogP contribution in [0.1, 0.15) is 0 Å². The van der Waals surface area contributed by atoms with Gasteiger partial charge >= 0.3 is 0 Å². The molecule has 0 unspecified atom stereocenters. The van der Waals surface area contributed by atoms with E-state index in [1.54, 1.807) is 6.07 Å². The molecule has 2 rings (SSSR count). The zero-order chi connectivity index (χ0) is 15.6. The van der Waals surface area contributed by atoms with Gasteiger partial charge < -0.3 is 10.6 Å². The molecular weight excluding hydrogens is 330 g/mol. The summed E-state index contributed by atoms with van der Waals surface area (Å²) in [5.74, 6) is 0. The molecule has 114 valence electrons. The summed E-state index contributed by atoms with van der Waals surface area (Å²) in [5, 5.41) is 8.90. The summed E-state index contributed by atoms with van der Waals surface area (Å²) in [6.45, 7) is 0. The summed E-state index contributed by atoms with van der Waals surface area (Å²) in [6, 6.07) is 4.61. The van der Waals surface area contributed by atoms with Crippen LogP contribution in [0.4, 0.5) is 10.8 Å². The van der Waals surface area contributed by atoms with Crippen molar-refractivity contribution in [2.24, 2.45) is 0 Å². The van der Waals surface area contributed by atoms with Crippen LogP contribution in [0.15, 0.2) is 32.3 Å². The molecule has 21 heavy (non-hydrogen) atoms. The molecule has 0 saturated carbocycles. The van der Waals surface area contributed by atoms with Crippen LogP contribution >= 0.6 is 23.1 Å². The average Bonchev–Trinajstić information content (AvgIpc) is 2.89. The Bertz CT molecular complexity index is 742. The van der Waals surface area contributed by atoms with Crippen LogP contribution in [-0.4, -0.2) is 39.8 Å². The minimum Gasteiger partial charge on any atom is -0.398 e. The average molecular weight is 345 g/mol. The third kappa shape index (κ3) is 3.64. The number of hydrogen-bond acceptors (Lipinski definition) is 8. The molecule has 3 N–H and O–H groups in total. The molecule has 0 spiro atoms. The highest BCUT2D eigenvalue weighted by Gasteiger charge is 2.14. The van der Waals surface area contributed by atoms with Crippen LogP contribution < -0.4 is 15.4 Å². The van der Waals surface area contributed by atoms with Gasteiger partial charge in [0.25, 0.3) is 0 Å². The Kier molecular flexibility index (Phi) is 4.71. The van der Waals surface area contributed by atoms with Crippen molar-refractivity contribution in [2.45, 2.75) is 14.1 Å². The van der Waals surface area contributed by atoms with Crippen molar-refractivity contribution in [3.05, 3.63) is 18.2 Å². The van der Waals surface area contributed by atoms with E-state index in [4.69, 9.17) is 5.73 Å². The molecule has 7 nitrogen and oxygen atoms in total. The van der Waals surface area contributed by atoms with E-state index >= 15 is 0 Å². The number of hydrogen-bond donors (Lipinski definition) is 2. The largest absolute Gasteiger partial charge is 0.398 e. The Morgan fingerprint density at radius 1 is 1.33 bits per heavy atom. The highest BCUT2D eigenvalue weighted by Crippen LogP contribution is 2.36. The first kappa shape index (κ1) is 16.0. The van der Waals surface area contributed by atoms with Crippen molar-refractivity contribution in [2.75, 3.05) is 31.8 Å². The predicted octanol–water partition coefficient (Wildman–Crippen LogP) is 1.25. The summed E-state index contributed by atoms with van der Waals surface area (Å²) in [5.41, 5.74) is 6.31. The Morgan fingerprint density at radius 3 is 2.57 bits per heavy atom. The lowest BCUT2D eigenvalue weighted by molar-refractivity contribution is 0.588. The number of nitrogens with two attached hydrogens (primary N) is 1. The maximum absolute atomic E-state index is 11.7. The SMILES string of the molecule is CNS(=O)(=O)c1ccc(Sc2nnc(N(C)C)s2)c(N)c1. The van der Waals surface area contributed by atoms with Crippen molar-refractivity contribution in [3.8, 4) is 0 Å². The van der Waals surface area contributed by atoms with E-state index in [0.29, 0.717) is 5.69 Å². The quantitative estimate of drug-likeness (QED) is 0.786. The first-order valence-corrected chi connectivity index (χ1v) is 8.97. The molecular formula is C11H15N5O2S3. The van der Waals surface area contributed by atoms with Gasteiger partial charge in [0.15, 0.2) is 4.34 Å². The number of nitrogens with one attached hydrogen (secondary N) is 1. The van der Waals surface area contributed by atoms with Crippen LogP contribution in [0.25, 0.3) is 0 Å². The van der Waals surface area contributed by atoms with E-state index in [2.05, 4.69) is 14.9 Å². The molecule has 0 fully saturated rings. The molecule has 10 heteroatoms. The lowest BCUT2D eigenvalue weighted by Crippen LogP contribution is -2.18. The maximum Gasteiger partial charge on any atom is 0.240 e. The zero-order valence-corrected chi connectivity index (χ0v) is 14.1. The molecule has 0 atom stereocenters. The van der Waals surface area contributed by atoms with Gasteiger partial charge in [-0.15, -0.1) is 10.2 Å². The van der Waals surface area contributed by atoms with Crippen molar-refractivity contribution >= 4 is 43.9 Å². The second-order valence-corrected chi connectivity index (χ2v) is 8.39. The van der Waals surface area contributed by atoms with Crippen molar-refractivity contribution in [1.82, 2.24) is 14.9 Å². The Morgan fingerprint density at radius 2 is 2.05 bits per heavy atom. The van der Waals surface area contributed by atoms with Gasteiger partial charge in [-0.05, 0) is 25.2 Å². The number of anilines is 2. The van der Waals surface area contributed by atoms with Crippen molar-refractivity contribution in [3.63, 3.8) is 0 Å². The molecule has 0 aliphatic rings. The van der Waals surface area contributed by atoms with E-state index in [-0.39, 0.29) is 4.90 Å². The van der Waals surface area contributed by atoms with Gasteiger partial charge in [-0.2, -0.15) is 0 Å². The second-order valence-electron chi connectivity index (χ2n) is 4.25. The van der Waals surface area contributed by atoms with Gasteiger partial charge in [0.05, 0.1) is 4.90 Å². The van der Waals surface area contributed by atoms with Gasteiger partial charge in [-0.1, -0.05) is 23.1 Å². The molecule has 0 aliphatic heterocycles. The lowest BCUT2D eigenvalue weighted by atomic mass is 10.3. The monoisotopic (exact) mass is 345 g/mol. The minimum absolute atomic E-state index is 0.137. The number of sulfonamides is 1. The molecule has 1 aromatic carbocycles. The fourth-order valence-corrected chi connectivity index (χ4v) is 3.93. The topological polar surface area (TPSA) is 101 Å². The van der Waals surface area contributed by atoms with Crippen LogP contribution in [0.3, 0.4) is 0 Å². The van der Waals surface area contributed by atoms with Crippen molar-refractivity contribution in [1.29, 1.82) is 0 Å². The van der Waals surface area contributed by atoms with Gasteiger partial charge in [0.2, 0.25) is 15.2 Å². The van der Waals surface area contributed by atoms with Gasteiger partial charge in [-0.3, -0.25) is 0 Å². The normalized spacial score (nSPS) is 11.6. The maximum atomic E-state index is 11.7. The Hall–Kier alpha value is -1.36. The molecule has 1 heterocycles. The first-order chi connectivity index (χ1) is 9.83. The third-order valence-corrected chi connectivity index (χ3v) is 6.18. The summed E-state index contributed by atoms with van der Waals surface area (Å²) < 4.78 is 26.4. The third-order valence-electron chi connectivity index (χ3n) is 2.54. The number of nitrogens with zero attached hydrogens (tertiary/aromatic N) is 3. The second kappa shape index (κ2) is 6.18. The summed E-state index contributed by atoms with van der Waals surface area (Å²) in [4.78, 5) is 2.75. The predicted molar refractivity (Wildman–Crippen MR) is 85.5 cm³/mol. The fraction of sp³-hybridized carbons (Fsp3) is 0.273. The Balaban J connectivity index is 2.25. The van der Waals surface area contributed by atoms with E-state index in [1.807, 2.05) is 19.0 Å². The fourth-order valence-electron chi connectivity index (χ4n) is 1.42. The van der Waals surface area contributed by atoms with Gasteiger partial charge in [0.1, 0.15) is 0 Å². The van der Waals surface area contributed by atoms with E-state index in [1.165, 1.54) is 42.3 Å². The minimum atomic E-state index is -3.49. The van der Waals surface area contributed by atoms with E-state index in [9.17, 15) is 8.42 Å². The smallest absolute Gasteiger partial charge is 0.240 e. The highest BCUT2D eigenvalue weighted by atomic mass is 32.2. The number of rotatable bonds is 5. The standard InChI is InChI=1S/C11H15N5O2S3/c1-13-21(17,18)7-4-5-9(8(12)6-7)19-11-15-14-10(20-11)16(2)3/h4-6,13H,12H2,1-3H3. The number of benzene rings is 1. The van der Waals surface area contributed by atoms with Crippen LogP contribution in [0.2, 0.25) is 0 Å². The van der Waals surface area contributed by atoms with Crippen LogP contribution in [0.5, 0.6) is 0 Å². The molecule has 0 saturated heterocycles. The van der Waals surface area contributed by atoms with Crippen LogP contribution in [-0.2, 0) is 10.0 Å². The summed E-state index contributed by atoms with van der Waals surface area (Å²) in [6.07, 6.45) is 0. The zero-order valence-electron chi connectivity index (χ0n) is 11.7. The molecule has 0 bridgehead atoms. The van der Waals surface area contributed by atoms with E-state index in [0.717, 1.165) is 14.4 Å². The lowest BCUT2D eigenvalue weighted by Gasteiger charge is -2.07. The summed E-state index contributed by atoms with van der Waals surface area (Å²) >= 11 is 2.80. The molecule has 0 amide bonds. The molecule has 1 aromatic heterocycles. The molecule has 2 aromatic rings. The molecule has 0 aliphatic carbocycles. The first-order valence-electron chi connectivity index (χ1n) is 5.85. The number of nitrogen functional groups attached to an aromatic ring is 1. The number of aromatic nitrogens is 2. The van der Waals surface area contributed by atoms with Gasteiger partial charge in [-0.25, -0.2) is 13.1 Å². The molecule has 0 radical (unpaired) electrons. The summed E-state index contributed by atoms with van der Waals surface area (Å²) in [7, 11) is 1.65. The van der Waals surface area contributed by atoms with Gasteiger partial charge in [0, 0.05) is 24.7 Å². The Labute approximate surface area is 131 Å².